The molecule has 1 aliphatic heterocycles. The van der Waals surface area contributed by atoms with E-state index in [4.69, 9.17) is 0 Å². The fraction of sp³-hybridized carbons (Fsp3) is 0.412. The van der Waals surface area contributed by atoms with E-state index in [2.05, 4.69) is 10.00 Å². The van der Waals surface area contributed by atoms with Crippen molar-refractivity contribution in [3.05, 3.63) is 51.8 Å². The largest absolute Gasteiger partial charge is 0.434 e. The molecule has 0 aliphatic carbocycles. The van der Waals surface area contributed by atoms with Crippen molar-refractivity contribution in [3.63, 3.8) is 0 Å². The predicted molar refractivity (Wildman–Crippen MR) is 93.2 cm³/mol. The molecule has 11 heteroatoms. The highest BCUT2D eigenvalue weighted by atomic mass is 19.4. The highest BCUT2D eigenvalue weighted by Crippen LogP contribution is 2.34. The summed E-state index contributed by atoms with van der Waals surface area (Å²) in [6.45, 7) is 4.67. The van der Waals surface area contributed by atoms with Crippen LogP contribution >= 0.6 is 0 Å². The molecule has 8 nitrogen and oxygen atoms in total. The van der Waals surface area contributed by atoms with E-state index in [0.717, 1.165) is 37.0 Å². The van der Waals surface area contributed by atoms with Gasteiger partial charge in [0.2, 0.25) is 0 Å². The molecular weight excluding hydrogens is 379 g/mol. The average Bonchev–Trinajstić information content (AvgIpc) is 3.13. The lowest BCUT2D eigenvalue weighted by molar-refractivity contribution is -0.384. The van der Waals surface area contributed by atoms with Crippen molar-refractivity contribution in [3.8, 4) is 5.69 Å². The fourth-order valence-corrected chi connectivity index (χ4v) is 3.13. The molecule has 0 saturated carbocycles. The lowest BCUT2D eigenvalue weighted by Gasteiger charge is -2.34. The van der Waals surface area contributed by atoms with Gasteiger partial charge in [0.25, 0.3) is 11.6 Å². The third kappa shape index (κ3) is 3.84. The first-order valence-corrected chi connectivity index (χ1v) is 8.64. The number of amides is 1. The Morgan fingerprint density at radius 2 is 1.79 bits per heavy atom. The van der Waals surface area contributed by atoms with E-state index in [0.29, 0.717) is 30.9 Å². The molecule has 1 fully saturated rings. The highest BCUT2D eigenvalue weighted by Gasteiger charge is 2.41. The van der Waals surface area contributed by atoms with Crippen LogP contribution in [0.1, 0.15) is 23.0 Å². The molecule has 0 N–H and O–H groups in total. The normalized spacial score (nSPS) is 15.6. The Labute approximate surface area is 158 Å². The first kappa shape index (κ1) is 19.8. The predicted octanol–water partition coefficient (Wildman–Crippen LogP) is 2.58. The number of likely N-dealkylation sites (N-methyl/N-ethyl adjacent to an activating group) is 1. The maximum Gasteiger partial charge on any atom is 0.434 e. The van der Waals surface area contributed by atoms with Gasteiger partial charge in [0, 0.05) is 38.3 Å². The lowest BCUT2D eigenvalue weighted by atomic mass is 10.1. The molecule has 0 unspecified atom stereocenters. The van der Waals surface area contributed by atoms with Crippen molar-refractivity contribution >= 4 is 11.6 Å². The first-order valence-electron chi connectivity index (χ1n) is 8.64. The number of carbonyl (C=O) groups excluding carboxylic acids is 1. The van der Waals surface area contributed by atoms with E-state index in [9.17, 15) is 28.1 Å². The molecule has 0 atom stereocenters. The summed E-state index contributed by atoms with van der Waals surface area (Å²) in [7, 11) is 0. The fourth-order valence-electron chi connectivity index (χ4n) is 3.13. The number of piperazine rings is 1. The van der Waals surface area contributed by atoms with Gasteiger partial charge in [-0.1, -0.05) is 6.92 Å². The number of nitro groups is 1. The van der Waals surface area contributed by atoms with E-state index in [1.165, 1.54) is 4.90 Å². The maximum atomic E-state index is 13.7. The molecule has 1 aliphatic rings. The van der Waals surface area contributed by atoms with Gasteiger partial charge < -0.3 is 9.80 Å². The molecule has 0 radical (unpaired) electrons. The number of nitrogens with zero attached hydrogens (tertiary/aromatic N) is 5. The topological polar surface area (TPSA) is 84.5 Å². The van der Waals surface area contributed by atoms with Gasteiger partial charge in [-0.05, 0) is 18.7 Å². The Hall–Kier alpha value is -2.95. The molecule has 0 bridgehead atoms. The van der Waals surface area contributed by atoms with Crippen LogP contribution in [-0.4, -0.2) is 63.1 Å². The van der Waals surface area contributed by atoms with Crippen molar-refractivity contribution in [2.24, 2.45) is 0 Å². The minimum Gasteiger partial charge on any atom is -0.336 e. The number of carbonyl (C=O) groups is 1. The highest BCUT2D eigenvalue weighted by molar-refractivity contribution is 5.95. The molecule has 1 amide bonds. The summed E-state index contributed by atoms with van der Waals surface area (Å²) in [6.07, 6.45) is -3.92. The zero-order valence-corrected chi connectivity index (χ0v) is 15.0. The Kier molecular flexibility index (Phi) is 5.36. The summed E-state index contributed by atoms with van der Waals surface area (Å²) in [5, 5.41) is 14.5. The van der Waals surface area contributed by atoms with Crippen LogP contribution in [0.5, 0.6) is 0 Å². The van der Waals surface area contributed by atoms with Gasteiger partial charge in [0.1, 0.15) is 0 Å². The standard InChI is InChI=1S/C17H18F3N5O3/c1-2-22-7-9-23(10-8-22)16(26)14-11-21-24(15(14)17(18,19)20)12-3-5-13(6-4-12)25(27)28/h3-6,11H,2,7-10H2,1H3. The second-order valence-corrected chi connectivity index (χ2v) is 6.32. The van der Waals surface area contributed by atoms with Gasteiger partial charge in [-0.15, -0.1) is 0 Å². The first-order chi connectivity index (χ1) is 13.2. The number of hydrogen-bond donors (Lipinski definition) is 0. The Morgan fingerprint density at radius 3 is 2.29 bits per heavy atom. The summed E-state index contributed by atoms with van der Waals surface area (Å²) in [5.41, 5.74) is -2.00. The Bertz CT molecular complexity index is 871. The van der Waals surface area contributed by atoms with Gasteiger partial charge in [-0.2, -0.15) is 18.3 Å². The Balaban J connectivity index is 1.95. The van der Waals surface area contributed by atoms with E-state index in [1.807, 2.05) is 6.92 Å². The van der Waals surface area contributed by atoms with Crippen LogP contribution in [0.4, 0.5) is 18.9 Å². The summed E-state index contributed by atoms with van der Waals surface area (Å²) >= 11 is 0. The van der Waals surface area contributed by atoms with Crippen molar-refractivity contribution in [1.29, 1.82) is 0 Å². The van der Waals surface area contributed by atoms with Crippen LogP contribution in [0.3, 0.4) is 0 Å². The molecule has 2 heterocycles. The second-order valence-electron chi connectivity index (χ2n) is 6.32. The van der Waals surface area contributed by atoms with Crippen LogP contribution in [-0.2, 0) is 6.18 Å². The summed E-state index contributed by atoms with van der Waals surface area (Å²) in [6, 6.07) is 4.49. The third-order valence-corrected chi connectivity index (χ3v) is 4.68. The number of alkyl halides is 3. The maximum absolute atomic E-state index is 13.7. The van der Waals surface area contributed by atoms with E-state index >= 15 is 0 Å². The van der Waals surface area contributed by atoms with Crippen LogP contribution < -0.4 is 0 Å². The summed E-state index contributed by atoms with van der Waals surface area (Å²) in [5.74, 6) is -0.726. The molecule has 1 aromatic heterocycles. The van der Waals surface area contributed by atoms with Gasteiger partial charge in [-0.25, -0.2) is 4.68 Å². The van der Waals surface area contributed by atoms with Crippen LogP contribution in [0.2, 0.25) is 0 Å². The number of non-ortho nitro benzene ring substituents is 1. The summed E-state index contributed by atoms with van der Waals surface area (Å²) < 4.78 is 41.8. The van der Waals surface area contributed by atoms with Gasteiger partial charge in [0.15, 0.2) is 5.69 Å². The van der Waals surface area contributed by atoms with Crippen molar-refractivity contribution < 1.29 is 22.9 Å². The number of rotatable bonds is 4. The van der Waals surface area contributed by atoms with Crippen LogP contribution in [0.15, 0.2) is 30.5 Å². The zero-order valence-electron chi connectivity index (χ0n) is 15.0. The minimum absolute atomic E-state index is 0.0206. The van der Waals surface area contributed by atoms with E-state index in [1.54, 1.807) is 0 Å². The minimum atomic E-state index is -4.82. The molecule has 0 spiro atoms. The van der Waals surface area contributed by atoms with Crippen LogP contribution in [0.25, 0.3) is 5.69 Å². The number of aromatic nitrogens is 2. The smallest absolute Gasteiger partial charge is 0.336 e. The number of nitro benzene ring substituents is 1. The summed E-state index contributed by atoms with van der Waals surface area (Å²) in [4.78, 5) is 26.3. The van der Waals surface area contributed by atoms with Crippen molar-refractivity contribution in [1.82, 2.24) is 19.6 Å². The monoisotopic (exact) mass is 397 g/mol. The molecule has 28 heavy (non-hydrogen) atoms. The number of halogens is 3. The van der Waals surface area contributed by atoms with Crippen LogP contribution in [0, 0.1) is 10.1 Å². The molecule has 1 aromatic carbocycles. The van der Waals surface area contributed by atoms with E-state index < -0.39 is 28.3 Å². The average molecular weight is 397 g/mol. The number of hydrogen-bond acceptors (Lipinski definition) is 5. The second kappa shape index (κ2) is 7.58. The van der Waals surface area contributed by atoms with Crippen molar-refractivity contribution in [2.45, 2.75) is 13.1 Å². The zero-order chi connectivity index (χ0) is 20.5. The van der Waals surface area contributed by atoms with Gasteiger partial charge in [0.05, 0.1) is 22.4 Å². The van der Waals surface area contributed by atoms with E-state index in [-0.39, 0.29) is 11.4 Å². The SMILES string of the molecule is CCN1CCN(C(=O)c2cnn(-c3ccc([N+](=O)[O-])cc3)c2C(F)(F)F)CC1. The van der Waals surface area contributed by atoms with Gasteiger partial charge in [-0.3, -0.25) is 14.9 Å². The molecule has 1 saturated heterocycles. The quantitative estimate of drug-likeness (QED) is 0.585. The molecule has 150 valence electrons. The lowest BCUT2D eigenvalue weighted by Crippen LogP contribution is -2.48. The third-order valence-electron chi connectivity index (χ3n) is 4.68. The number of benzene rings is 1. The molecule has 2 aromatic rings. The molecular formula is C17H18F3N5O3. The Morgan fingerprint density at radius 1 is 1.18 bits per heavy atom. The van der Waals surface area contributed by atoms with Crippen molar-refractivity contribution in [2.75, 3.05) is 32.7 Å². The van der Waals surface area contributed by atoms with Gasteiger partial charge >= 0.3 is 6.18 Å². The molecule has 3 rings (SSSR count).